The average Bonchev–Trinajstić information content (AvgIpc) is 2.86. The molecule has 0 aliphatic carbocycles. The summed E-state index contributed by atoms with van der Waals surface area (Å²) in [7, 11) is -1.10. The maximum atomic E-state index is 13.6. The van der Waals surface area contributed by atoms with Crippen molar-refractivity contribution in [2.45, 2.75) is 23.6 Å². The minimum absolute atomic E-state index is 0.0868. The van der Waals surface area contributed by atoms with E-state index in [1.54, 1.807) is 42.1 Å². The van der Waals surface area contributed by atoms with Gasteiger partial charge in [0.2, 0.25) is 5.91 Å². The Kier molecular flexibility index (Phi) is 9.06. The normalized spacial score (nSPS) is 11.1. The maximum absolute atomic E-state index is 13.6. The van der Waals surface area contributed by atoms with Crippen LogP contribution in [0, 0.1) is 13.8 Å². The third kappa shape index (κ3) is 6.93. The van der Waals surface area contributed by atoms with Gasteiger partial charge >= 0.3 is 0 Å². The number of hydrogen-bond acceptors (Lipinski definition) is 6. The molecule has 0 aromatic heterocycles. The minimum atomic E-state index is -4.05. The van der Waals surface area contributed by atoms with Gasteiger partial charge in [-0.1, -0.05) is 35.4 Å². The topological polar surface area (TPSA) is 84.9 Å². The Labute approximate surface area is 211 Å². The molecule has 0 saturated heterocycles. The first kappa shape index (κ1) is 26.4. The number of sulfonamides is 1. The van der Waals surface area contributed by atoms with E-state index < -0.39 is 22.5 Å². The second-order valence-corrected chi connectivity index (χ2v) is 10.9. The molecule has 0 aliphatic rings. The van der Waals surface area contributed by atoms with Gasteiger partial charge in [-0.05, 0) is 50.2 Å². The van der Waals surface area contributed by atoms with Crippen molar-refractivity contribution in [1.29, 1.82) is 0 Å². The summed E-state index contributed by atoms with van der Waals surface area (Å²) in [5.74, 6) is 1.03. The highest BCUT2D eigenvalue weighted by atomic mass is 32.2. The SMILES string of the molecule is COc1ccc(N(CC(=O)NCCSc2ccc(C)cc2)S(=O)(=O)c2ccc(C)cc2)c(OC)c1. The lowest BCUT2D eigenvalue weighted by atomic mass is 10.2. The van der Waals surface area contributed by atoms with Crippen molar-refractivity contribution < 1.29 is 22.7 Å². The van der Waals surface area contributed by atoms with E-state index in [4.69, 9.17) is 9.47 Å². The first-order chi connectivity index (χ1) is 16.7. The number of nitrogens with zero attached hydrogens (tertiary/aromatic N) is 1. The Morgan fingerprint density at radius 3 is 2.14 bits per heavy atom. The third-order valence-corrected chi connectivity index (χ3v) is 8.05. The summed E-state index contributed by atoms with van der Waals surface area (Å²) in [5, 5.41) is 2.83. The van der Waals surface area contributed by atoms with Crippen LogP contribution in [0.5, 0.6) is 11.5 Å². The number of benzene rings is 3. The van der Waals surface area contributed by atoms with Crippen molar-refractivity contribution in [2.75, 3.05) is 37.4 Å². The van der Waals surface area contributed by atoms with Crippen LogP contribution in [0.1, 0.15) is 11.1 Å². The number of methoxy groups -OCH3 is 2. The Bertz CT molecular complexity index is 1240. The highest BCUT2D eigenvalue weighted by Gasteiger charge is 2.29. The minimum Gasteiger partial charge on any atom is -0.497 e. The smallest absolute Gasteiger partial charge is 0.264 e. The zero-order valence-corrected chi connectivity index (χ0v) is 21.9. The standard InChI is InChI=1S/C26H30N2O5S2/c1-19-5-10-22(11-6-19)34-16-15-27-26(29)18-28(24-14-9-21(32-3)17-25(24)33-4)35(30,31)23-12-7-20(2)8-13-23/h5-14,17H,15-16,18H2,1-4H3,(H,27,29). The number of thioether (sulfide) groups is 1. The highest BCUT2D eigenvalue weighted by Crippen LogP contribution is 2.35. The second kappa shape index (κ2) is 12.0. The molecule has 3 rings (SSSR count). The summed E-state index contributed by atoms with van der Waals surface area (Å²) in [6.45, 7) is 3.91. The van der Waals surface area contributed by atoms with Crippen LogP contribution in [0.25, 0.3) is 0 Å². The van der Waals surface area contributed by atoms with Gasteiger partial charge in [-0.2, -0.15) is 0 Å². The molecule has 35 heavy (non-hydrogen) atoms. The molecule has 7 nitrogen and oxygen atoms in total. The van der Waals surface area contributed by atoms with E-state index in [0.29, 0.717) is 18.0 Å². The van der Waals surface area contributed by atoms with Gasteiger partial charge in [-0.3, -0.25) is 9.10 Å². The quantitative estimate of drug-likeness (QED) is 0.301. The molecule has 0 atom stereocenters. The summed E-state index contributed by atoms with van der Waals surface area (Å²) in [5.41, 5.74) is 2.37. The Morgan fingerprint density at radius 2 is 1.54 bits per heavy atom. The lowest BCUT2D eigenvalue weighted by Gasteiger charge is -2.26. The fourth-order valence-electron chi connectivity index (χ4n) is 3.31. The van der Waals surface area contributed by atoms with Crippen molar-refractivity contribution in [3.05, 3.63) is 77.9 Å². The molecular weight excluding hydrogens is 484 g/mol. The van der Waals surface area contributed by atoms with E-state index in [9.17, 15) is 13.2 Å². The zero-order valence-electron chi connectivity index (χ0n) is 20.3. The Hall–Kier alpha value is -3.17. The Morgan fingerprint density at radius 1 is 0.914 bits per heavy atom. The van der Waals surface area contributed by atoms with Crippen molar-refractivity contribution >= 4 is 33.4 Å². The van der Waals surface area contributed by atoms with Crippen molar-refractivity contribution in [3.8, 4) is 11.5 Å². The van der Waals surface area contributed by atoms with E-state index >= 15 is 0 Å². The van der Waals surface area contributed by atoms with Crippen LogP contribution in [0.4, 0.5) is 5.69 Å². The predicted molar refractivity (Wildman–Crippen MR) is 140 cm³/mol. The molecule has 0 fully saturated rings. The molecular formula is C26H30N2O5S2. The first-order valence-corrected chi connectivity index (χ1v) is 13.4. The molecule has 9 heteroatoms. The lowest BCUT2D eigenvalue weighted by molar-refractivity contribution is -0.119. The fourth-order valence-corrected chi connectivity index (χ4v) is 5.51. The number of carbonyl (C=O) groups excluding carboxylic acids is 1. The van der Waals surface area contributed by atoms with Gasteiger partial charge < -0.3 is 14.8 Å². The Balaban J connectivity index is 1.79. The molecule has 0 spiro atoms. The molecule has 0 aliphatic heterocycles. The lowest BCUT2D eigenvalue weighted by Crippen LogP contribution is -2.41. The zero-order chi connectivity index (χ0) is 25.4. The van der Waals surface area contributed by atoms with Gasteiger partial charge in [-0.25, -0.2) is 8.42 Å². The van der Waals surface area contributed by atoms with Crippen LogP contribution in [-0.2, 0) is 14.8 Å². The number of ether oxygens (including phenoxy) is 2. The molecule has 0 unspecified atom stereocenters. The second-order valence-electron chi connectivity index (χ2n) is 7.87. The van der Waals surface area contributed by atoms with Crippen LogP contribution in [-0.4, -0.2) is 47.4 Å². The van der Waals surface area contributed by atoms with Crippen LogP contribution in [0.15, 0.2) is 76.5 Å². The van der Waals surface area contributed by atoms with E-state index in [2.05, 4.69) is 5.32 Å². The monoisotopic (exact) mass is 514 g/mol. The van der Waals surface area contributed by atoms with Gasteiger partial charge in [-0.15, -0.1) is 11.8 Å². The summed E-state index contributed by atoms with van der Waals surface area (Å²) in [6.07, 6.45) is 0. The molecule has 1 amide bonds. The molecule has 0 heterocycles. The molecule has 186 valence electrons. The van der Waals surface area contributed by atoms with E-state index in [1.807, 2.05) is 38.1 Å². The maximum Gasteiger partial charge on any atom is 0.264 e. The molecule has 0 saturated carbocycles. The predicted octanol–water partition coefficient (Wildman–Crippen LogP) is 4.42. The number of amides is 1. The van der Waals surface area contributed by atoms with Crippen LogP contribution in [0.2, 0.25) is 0 Å². The third-order valence-electron chi connectivity index (χ3n) is 5.27. The summed E-state index contributed by atoms with van der Waals surface area (Å²) >= 11 is 1.62. The molecule has 0 bridgehead atoms. The van der Waals surface area contributed by atoms with Crippen LogP contribution < -0.4 is 19.1 Å². The van der Waals surface area contributed by atoms with E-state index in [1.165, 1.54) is 31.9 Å². The number of nitrogens with one attached hydrogen (secondary N) is 1. The number of hydrogen-bond donors (Lipinski definition) is 1. The van der Waals surface area contributed by atoms with Gasteiger partial charge in [0.1, 0.15) is 18.0 Å². The summed E-state index contributed by atoms with van der Waals surface area (Å²) < 4.78 is 38.9. The number of aryl methyl sites for hydroxylation is 2. The summed E-state index contributed by atoms with van der Waals surface area (Å²) in [6, 6.07) is 19.4. The highest BCUT2D eigenvalue weighted by molar-refractivity contribution is 7.99. The molecule has 1 N–H and O–H groups in total. The van der Waals surface area contributed by atoms with Crippen molar-refractivity contribution in [2.24, 2.45) is 0 Å². The average molecular weight is 515 g/mol. The van der Waals surface area contributed by atoms with Crippen LogP contribution in [0.3, 0.4) is 0 Å². The van der Waals surface area contributed by atoms with Gasteiger partial charge in [0, 0.05) is 23.3 Å². The molecule has 0 radical (unpaired) electrons. The fraction of sp³-hybridized carbons (Fsp3) is 0.269. The van der Waals surface area contributed by atoms with Crippen molar-refractivity contribution in [1.82, 2.24) is 5.32 Å². The van der Waals surface area contributed by atoms with Gasteiger partial charge in [0.25, 0.3) is 10.0 Å². The van der Waals surface area contributed by atoms with Crippen LogP contribution >= 0.6 is 11.8 Å². The number of anilines is 1. The van der Waals surface area contributed by atoms with Crippen molar-refractivity contribution in [3.63, 3.8) is 0 Å². The van der Waals surface area contributed by atoms with E-state index in [-0.39, 0.29) is 16.3 Å². The molecule has 3 aromatic rings. The molecule has 3 aromatic carbocycles. The first-order valence-electron chi connectivity index (χ1n) is 11.0. The number of carbonyl (C=O) groups is 1. The summed E-state index contributed by atoms with van der Waals surface area (Å²) in [4.78, 5) is 14.0. The largest absolute Gasteiger partial charge is 0.497 e. The van der Waals surface area contributed by atoms with E-state index in [0.717, 1.165) is 14.8 Å². The van der Waals surface area contributed by atoms with Gasteiger partial charge in [0.05, 0.1) is 24.8 Å². The van der Waals surface area contributed by atoms with Gasteiger partial charge in [0.15, 0.2) is 0 Å². The number of rotatable bonds is 11.